The number of benzene rings is 3. The molecule has 0 fully saturated rings. The lowest BCUT2D eigenvalue weighted by atomic mass is 10.0. The second kappa shape index (κ2) is 8.97. The molecule has 4 rings (SSSR count). The van der Waals surface area contributed by atoms with Crippen LogP contribution in [0.3, 0.4) is 0 Å². The highest BCUT2D eigenvalue weighted by Gasteiger charge is 2.20. The van der Waals surface area contributed by atoms with Crippen molar-refractivity contribution in [2.75, 3.05) is 5.32 Å². The molecule has 0 aliphatic heterocycles. The van der Waals surface area contributed by atoms with E-state index in [9.17, 15) is 4.79 Å². The summed E-state index contributed by atoms with van der Waals surface area (Å²) in [6.45, 7) is 3.84. The summed E-state index contributed by atoms with van der Waals surface area (Å²) < 4.78 is 5.73. The van der Waals surface area contributed by atoms with Gasteiger partial charge in [0.05, 0.1) is 5.25 Å². The fourth-order valence-electron chi connectivity index (χ4n) is 2.97. The Morgan fingerprint density at radius 1 is 0.900 bits per heavy atom. The number of aryl methyl sites for hydroxylation is 1. The number of carbonyl (C=O) groups is 1. The smallest absolute Gasteiger partial charge is 0.277 e. The lowest BCUT2D eigenvalue weighted by Crippen LogP contribution is -2.22. The summed E-state index contributed by atoms with van der Waals surface area (Å²) in [5, 5.41) is 11.2. The van der Waals surface area contributed by atoms with E-state index in [0.29, 0.717) is 11.1 Å². The maximum absolute atomic E-state index is 12.8. The lowest BCUT2D eigenvalue weighted by Gasteiger charge is -2.14. The molecule has 1 unspecified atom stereocenters. The standard InChI is InChI=1S/C24H21N3O2S/c1-16-12-14-19(15-13-16)23-26-27-24(29-23)30-17(2)22(28)25-21-11-7-6-10-20(21)18-8-4-3-5-9-18/h3-15,17H,1-2H3,(H,25,28). The molecule has 0 aliphatic carbocycles. The highest BCUT2D eigenvalue weighted by molar-refractivity contribution is 8.00. The first kappa shape index (κ1) is 19.9. The zero-order valence-corrected chi connectivity index (χ0v) is 17.5. The second-order valence-corrected chi connectivity index (χ2v) is 8.19. The summed E-state index contributed by atoms with van der Waals surface area (Å²) in [5.74, 6) is 0.318. The molecule has 0 bridgehead atoms. The first-order valence-electron chi connectivity index (χ1n) is 9.62. The molecule has 5 nitrogen and oxygen atoms in total. The van der Waals surface area contributed by atoms with Crippen molar-refractivity contribution in [3.8, 4) is 22.6 Å². The molecule has 1 N–H and O–H groups in total. The van der Waals surface area contributed by atoms with Gasteiger partial charge in [0.2, 0.25) is 11.8 Å². The fraction of sp³-hybridized carbons (Fsp3) is 0.125. The van der Waals surface area contributed by atoms with E-state index in [1.54, 1.807) is 0 Å². The summed E-state index contributed by atoms with van der Waals surface area (Å²) in [7, 11) is 0. The number of carbonyl (C=O) groups excluding carboxylic acids is 1. The van der Waals surface area contributed by atoms with Crippen molar-refractivity contribution >= 4 is 23.4 Å². The molecule has 3 aromatic carbocycles. The van der Waals surface area contributed by atoms with Gasteiger partial charge in [0.1, 0.15) is 0 Å². The van der Waals surface area contributed by atoms with Gasteiger partial charge in [0, 0.05) is 16.8 Å². The number of amides is 1. The Balaban J connectivity index is 1.45. The van der Waals surface area contributed by atoms with Crippen molar-refractivity contribution < 1.29 is 9.21 Å². The molecule has 1 amide bonds. The predicted octanol–water partition coefficient (Wildman–Crippen LogP) is 5.83. The van der Waals surface area contributed by atoms with Gasteiger partial charge in [-0.05, 0) is 37.6 Å². The molecule has 1 aromatic heterocycles. The van der Waals surface area contributed by atoms with Crippen LogP contribution < -0.4 is 5.32 Å². The van der Waals surface area contributed by atoms with E-state index in [0.717, 1.165) is 27.9 Å². The number of para-hydroxylation sites is 1. The predicted molar refractivity (Wildman–Crippen MR) is 120 cm³/mol. The molecule has 0 radical (unpaired) electrons. The number of anilines is 1. The number of hydrogen-bond acceptors (Lipinski definition) is 5. The SMILES string of the molecule is Cc1ccc(-c2nnc(SC(C)C(=O)Nc3ccccc3-c3ccccc3)o2)cc1. The number of nitrogens with zero attached hydrogens (tertiary/aromatic N) is 2. The molecule has 0 spiro atoms. The largest absolute Gasteiger partial charge is 0.411 e. The molecule has 1 atom stereocenters. The summed E-state index contributed by atoms with van der Waals surface area (Å²) in [4.78, 5) is 12.8. The van der Waals surface area contributed by atoms with Crippen LogP contribution in [0.5, 0.6) is 0 Å². The van der Waals surface area contributed by atoms with Crippen molar-refractivity contribution in [2.24, 2.45) is 0 Å². The lowest BCUT2D eigenvalue weighted by molar-refractivity contribution is -0.115. The Kier molecular flexibility index (Phi) is 5.95. The van der Waals surface area contributed by atoms with Crippen LogP contribution in [0.25, 0.3) is 22.6 Å². The molecule has 0 saturated heterocycles. The third-order valence-corrected chi connectivity index (χ3v) is 5.56. The Bertz CT molecular complexity index is 1140. The Labute approximate surface area is 179 Å². The number of rotatable bonds is 6. The van der Waals surface area contributed by atoms with Gasteiger partial charge in [-0.1, -0.05) is 78.0 Å². The highest BCUT2D eigenvalue weighted by atomic mass is 32.2. The van der Waals surface area contributed by atoms with Crippen molar-refractivity contribution in [3.05, 3.63) is 84.4 Å². The first-order chi connectivity index (χ1) is 14.6. The van der Waals surface area contributed by atoms with Crippen LogP contribution in [0.15, 0.2) is 88.5 Å². The van der Waals surface area contributed by atoms with Crippen LogP contribution in [0.1, 0.15) is 12.5 Å². The van der Waals surface area contributed by atoms with Gasteiger partial charge in [-0.25, -0.2) is 0 Å². The van der Waals surface area contributed by atoms with E-state index in [1.807, 2.05) is 92.7 Å². The van der Waals surface area contributed by atoms with E-state index in [1.165, 1.54) is 11.8 Å². The second-order valence-electron chi connectivity index (χ2n) is 6.90. The van der Waals surface area contributed by atoms with E-state index in [2.05, 4.69) is 15.5 Å². The van der Waals surface area contributed by atoms with Crippen molar-refractivity contribution in [1.82, 2.24) is 10.2 Å². The van der Waals surface area contributed by atoms with Crippen LogP contribution in [-0.2, 0) is 4.79 Å². The van der Waals surface area contributed by atoms with E-state index >= 15 is 0 Å². The molecule has 0 aliphatic rings. The normalized spacial score (nSPS) is 11.8. The monoisotopic (exact) mass is 415 g/mol. The van der Waals surface area contributed by atoms with Crippen LogP contribution in [0.4, 0.5) is 5.69 Å². The minimum Gasteiger partial charge on any atom is -0.411 e. The van der Waals surface area contributed by atoms with E-state index in [4.69, 9.17) is 4.42 Å². The van der Waals surface area contributed by atoms with Gasteiger partial charge < -0.3 is 9.73 Å². The fourth-order valence-corrected chi connectivity index (χ4v) is 3.65. The molecule has 150 valence electrons. The first-order valence-corrected chi connectivity index (χ1v) is 10.5. The third-order valence-electron chi connectivity index (χ3n) is 4.62. The zero-order valence-electron chi connectivity index (χ0n) is 16.7. The molecule has 30 heavy (non-hydrogen) atoms. The van der Waals surface area contributed by atoms with Crippen molar-refractivity contribution in [3.63, 3.8) is 0 Å². The number of hydrogen-bond donors (Lipinski definition) is 1. The van der Waals surface area contributed by atoms with Gasteiger partial charge in [0.25, 0.3) is 5.22 Å². The van der Waals surface area contributed by atoms with E-state index < -0.39 is 5.25 Å². The number of thioether (sulfide) groups is 1. The topological polar surface area (TPSA) is 68.0 Å². The minimum absolute atomic E-state index is 0.126. The van der Waals surface area contributed by atoms with Crippen LogP contribution in [0.2, 0.25) is 0 Å². The molecule has 6 heteroatoms. The van der Waals surface area contributed by atoms with Crippen molar-refractivity contribution in [2.45, 2.75) is 24.3 Å². The van der Waals surface area contributed by atoms with Crippen LogP contribution >= 0.6 is 11.8 Å². The molecular formula is C24H21N3O2S. The Morgan fingerprint density at radius 2 is 1.60 bits per heavy atom. The number of aromatic nitrogens is 2. The van der Waals surface area contributed by atoms with Crippen molar-refractivity contribution in [1.29, 1.82) is 0 Å². The summed E-state index contributed by atoms with van der Waals surface area (Å²) in [6, 6.07) is 25.6. The van der Waals surface area contributed by atoms with Gasteiger partial charge in [0.15, 0.2) is 0 Å². The molecule has 1 heterocycles. The third kappa shape index (κ3) is 4.60. The average Bonchev–Trinajstić information content (AvgIpc) is 3.23. The molecule has 0 saturated carbocycles. The van der Waals surface area contributed by atoms with Gasteiger partial charge >= 0.3 is 0 Å². The maximum atomic E-state index is 12.8. The van der Waals surface area contributed by atoms with Gasteiger partial charge in [-0.15, -0.1) is 10.2 Å². The zero-order chi connectivity index (χ0) is 20.9. The van der Waals surface area contributed by atoms with Crippen LogP contribution in [0, 0.1) is 6.92 Å². The summed E-state index contributed by atoms with van der Waals surface area (Å²) >= 11 is 1.24. The Morgan fingerprint density at radius 3 is 2.37 bits per heavy atom. The number of nitrogens with one attached hydrogen (secondary N) is 1. The molecular weight excluding hydrogens is 394 g/mol. The quantitative estimate of drug-likeness (QED) is 0.401. The molecule has 4 aromatic rings. The highest BCUT2D eigenvalue weighted by Crippen LogP contribution is 2.30. The van der Waals surface area contributed by atoms with Gasteiger partial charge in [-0.2, -0.15) is 0 Å². The summed E-state index contributed by atoms with van der Waals surface area (Å²) in [6.07, 6.45) is 0. The van der Waals surface area contributed by atoms with Crippen LogP contribution in [-0.4, -0.2) is 21.4 Å². The average molecular weight is 416 g/mol. The summed E-state index contributed by atoms with van der Waals surface area (Å²) in [5.41, 5.74) is 4.81. The maximum Gasteiger partial charge on any atom is 0.277 e. The van der Waals surface area contributed by atoms with E-state index in [-0.39, 0.29) is 5.91 Å². The Hall–Kier alpha value is -3.38. The van der Waals surface area contributed by atoms with Gasteiger partial charge in [-0.3, -0.25) is 4.79 Å². The minimum atomic E-state index is -0.403.